The highest BCUT2D eigenvalue weighted by atomic mass is 32.1. The van der Waals surface area contributed by atoms with E-state index in [1.54, 1.807) is 0 Å². The molecule has 3 rings (SSSR count). The van der Waals surface area contributed by atoms with Gasteiger partial charge in [-0.3, -0.25) is 4.79 Å². The van der Waals surface area contributed by atoms with Crippen LogP contribution in [0.4, 0.5) is 5.13 Å². The second-order valence-electron chi connectivity index (χ2n) is 4.51. The molecule has 5 heteroatoms. The van der Waals surface area contributed by atoms with Crippen LogP contribution in [-0.2, 0) is 6.42 Å². The lowest BCUT2D eigenvalue weighted by molar-refractivity contribution is 0.0668. The van der Waals surface area contributed by atoms with Gasteiger partial charge in [0.15, 0.2) is 5.13 Å². The first-order valence-electron chi connectivity index (χ1n) is 5.82. The van der Waals surface area contributed by atoms with Gasteiger partial charge in [0, 0.05) is 19.0 Å². The van der Waals surface area contributed by atoms with Gasteiger partial charge in [0.25, 0.3) is 5.91 Å². The molecule has 1 aromatic rings. The lowest BCUT2D eigenvalue weighted by Gasteiger charge is -2.31. The van der Waals surface area contributed by atoms with Gasteiger partial charge in [-0.1, -0.05) is 24.2 Å². The van der Waals surface area contributed by atoms with Gasteiger partial charge in [-0.15, -0.1) is 0 Å². The van der Waals surface area contributed by atoms with Crippen molar-refractivity contribution in [2.45, 2.75) is 38.1 Å². The summed E-state index contributed by atoms with van der Waals surface area (Å²) >= 11 is 1.34. The van der Waals surface area contributed by atoms with Crippen molar-refractivity contribution < 1.29 is 4.79 Å². The number of anilines is 1. The van der Waals surface area contributed by atoms with Crippen LogP contribution in [0, 0.1) is 0 Å². The summed E-state index contributed by atoms with van der Waals surface area (Å²) in [6.45, 7) is 0.819. The molecule has 0 radical (unpaired) electrons. The molecule has 1 aromatic heterocycles. The summed E-state index contributed by atoms with van der Waals surface area (Å²) in [7, 11) is 0. The first-order chi connectivity index (χ1) is 7.75. The van der Waals surface area contributed by atoms with E-state index >= 15 is 0 Å². The van der Waals surface area contributed by atoms with E-state index in [1.807, 2.05) is 4.90 Å². The Labute approximate surface area is 98.5 Å². The van der Waals surface area contributed by atoms with Crippen LogP contribution in [-0.4, -0.2) is 28.4 Å². The monoisotopic (exact) mass is 237 g/mol. The topological polar surface area (TPSA) is 59.2 Å². The lowest BCUT2D eigenvalue weighted by atomic mass is 10.1. The van der Waals surface area contributed by atoms with Crippen molar-refractivity contribution in [3.05, 3.63) is 10.6 Å². The predicted molar refractivity (Wildman–Crippen MR) is 63.5 cm³/mol. The molecule has 2 heterocycles. The van der Waals surface area contributed by atoms with Gasteiger partial charge in [-0.25, -0.2) is 4.98 Å². The van der Waals surface area contributed by atoms with E-state index in [1.165, 1.54) is 24.2 Å². The first kappa shape index (κ1) is 10.1. The Morgan fingerprint density at radius 2 is 2.12 bits per heavy atom. The summed E-state index contributed by atoms with van der Waals surface area (Å²) in [5, 5.41) is 0.520. The van der Waals surface area contributed by atoms with Crippen LogP contribution >= 0.6 is 11.3 Å². The highest BCUT2D eigenvalue weighted by Crippen LogP contribution is 2.31. The molecule has 4 nitrogen and oxygen atoms in total. The van der Waals surface area contributed by atoms with Gasteiger partial charge in [-0.2, -0.15) is 0 Å². The fraction of sp³-hybridized carbons (Fsp3) is 0.636. The predicted octanol–water partition coefficient (Wildman–Crippen LogP) is 1.67. The number of nitrogen functional groups attached to an aromatic ring is 1. The second kappa shape index (κ2) is 3.73. The Balaban J connectivity index is 1.88. The lowest BCUT2D eigenvalue weighted by Crippen LogP contribution is -2.43. The highest BCUT2D eigenvalue weighted by molar-refractivity contribution is 7.17. The zero-order valence-electron chi connectivity index (χ0n) is 9.11. The quantitative estimate of drug-likeness (QED) is 0.808. The maximum absolute atomic E-state index is 12.3. The number of fused-ring (bicyclic) bond motifs is 1. The fourth-order valence-electron chi connectivity index (χ4n) is 2.73. The van der Waals surface area contributed by atoms with Crippen molar-refractivity contribution in [1.82, 2.24) is 9.88 Å². The molecule has 1 aliphatic carbocycles. The number of amides is 1. The van der Waals surface area contributed by atoms with Crippen LogP contribution in [0.3, 0.4) is 0 Å². The third-order valence-electron chi connectivity index (χ3n) is 3.52. The molecule has 1 aliphatic heterocycles. The molecule has 1 saturated carbocycles. The van der Waals surface area contributed by atoms with Crippen molar-refractivity contribution >= 4 is 22.4 Å². The Bertz CT molecular complexity index is 423. The van der Waals surface area contributed by atoms with Gasteiger partial charge >= 0.3 is 0 Å². The van der Waals surface area contributed by atoms with Crippen LogP contribution in [0.15, 0.2) is 0 Å². The smallest absolute Gasteiger partial charge is 0.266 e. The summed E-state index contributed by atoms with van der Waals surface area (Å²) < 4.78 is 0. The number of nitrogens with zero attached hydrogens (tertiary/aromatic N) is 2. The molecule has 0 atom stereocenters. The number of carbonyl (C=O) groups is 1. The van der Waals surface area contributed by atoms with Gasteiger partial charge in [-0.05, 0) is 12.8 Å². The summed E-state index contributed by atoms with van der Waals surface area (Å²) in [6.07, 6.45) is 5.70. The maximum Gasteiger partial charge on any atom is 0.266 e. The van der Waals surface area contributed by atoms with Crippen LogP contribution in [0.25, 0.3) is 0 Å². The molecule has 0 spiro atoms. The average molecular weight is 237 g/mol. The SMILES string of the molecule is Nc1nc2c(s1)C(=O)N(C1CCCC1)CC2. The van der Waals surface area contributed by atoms with Crippen LogP contribution in [0.5, 0.6) is 0 Å². The Hall–Kier alpha value is -1.10. The molecule has 2 N–H and O–H groups in total. The van der Waals surface area contributed by atoms with Crippen LogP contribution < -0.4 is 5.73 Å². The van der Waals surface area contributed by atoms with Crippen molar-refractivity contribution in [3.8, 4) is 0 Å². The normalized spacial score (nSPS) is 21.5. The fourth-order valence-corrected chi connectivity index (χ4v) is 3.56. The molecule has 16 heavy (non-hydrogen) atoms. The molecule has 1 fully saturated rings. The first-order valence-corrected chi connectivity index (χ1v) is 6.63. The molecule has 86 valence electrons. The van der Waals surface area contributed by atoms with Crippen molar-refractivity contribution in [2.75, 3.05) is 12.3 Å². The van der Waals surface area contributed by atoms with E-state index in [-0.39, 0.29) is 5.91 Å². The largest absolute Gasteiger partial charge is 0.375 e. The third-order valence-corrected chi connectivity index (χ3v) is 4.44. The zero-order chi connectivity index (χ0) is 11.1. The summed E-state index contributed by atoms with van der Waals surface area (Å²) in [6, 6.07) is 0.462. The van der Waals surface area contributed by atoms with E-state index in [0.29, 0.717) is 11.2 Å². The minimum Gasteiger partial charge on any atom is -0.375 e. The minimum absolute atomic E-state index is 0.155. The van der Waals surface area contributed by atoms with Crippen LogP contribution in [0.1, 0.15) is 41.0 Å². The van der Waals surface area contributed by atoms with E-state index in [4.69, 9.17) is 5.73 Å². The summed E-state index contributed by atoms with van der Waals surface area (Å²) in [4.78, 5) is 19.3. The number of nitrogens with two attached hydrogens (primary N) is 1. The molecule has 1 amide bonds. The highest BCUT2D eigenvalue weighted by Gasteiger charge is 2.33. The van der Waals surface area contributed by atoms with Crippen molar-refractivity contribution in [3.63, 3.8) is 0 Å². The number of hydrogen-bond donors (Lipinski definition) is 1. The third kappa shape index (κ3) is 1.50. The van der Waals surface area contributed by atoms with Crippen molar-refractivity contribution in [1.29, 1.82) is 0 Å². The second-order valence-corrected chi connectivity index (χ2v) is 5.55. The standard InChI is InChI=1S/C11H15N3OS/c12-11-13-8-5-6-14(7-3-1-2-4-7)10(15)9(8)16-11/h7H,1-6H2,(H2,12,13). The van der Waals surface area contributed by atoms with E-state index in [0.717, 1.165) is 36.4 Å². The molecule has 2 aliphatic rings. The molecule has 0 aromatic carbocycles. The number of carbonyl (C=O) groups excluding carboxylic acids is 1. The Kier molecular flexibility index (Phi) is 2.35. The Morgan fingerprint density at radius 1 is 1.38 bits per heavy atom. The van der Waals surface area contributed by atoms with E-state index < -0.39 is 0 Å². The average Bonchev–Trinajstić information content (AvgIpc) is 2.86. The van der Waals surface area contributed by atoms with Crippen molar-refractivity contribution in [2.24, 2.45) is 0 Å². The molecular formula is C11H15N3OS. The molecule has 0 unspecified atom stereocenters. The van der Waals surface area contributed by atoms with Gasteiger partial charge in [0.05, 0.1) is 5.69 Å². The summed E-state index contributed by atoms with van der Waals surface area (Å²) in [5.41, 5.74) is 6.56. The van der Waals surface area contributed by atoms with E-state index in [2.05, 4.69) is 4.98 Å². The summed E-state index contributed by atoms with van der Waals surface area (Å²) in [5.74, 6) is 0.155. The van der Waals surface area contributed by atoms with Gasteiger partial charge in [0.2, 0.25) is 0 Å². The molecular weight excluding hydrogens is 222 g/mol. The number of hydrogen-bond acceptors (Lipinski definition) is 4. The number of rotatable bonds is 1. The molecule has 0 saturated heterocycles. The van der Waals surface area contributed by atoms with Crippen LogP contribution in [0.2, 0.25) is 0 Å². The number of aromatic nitrogens is 1. The number of thiazole rings is 1. The maximum atomic E-state index is 12.3. The Morgan fingerprint density at radius 3 is 2.88 bits per heavy atom. The molecule has 0 bridgehead atoms. The van der Waals surface area contributed by atoms with E-state index in [9.17, 15) is 4.79 Å². The van der Waals surface area contributed by atoms with Gasteiger partial charge < -0.3 is 10.6 Å². The van der Waals surface area contributed by atoms with Gasteiger partial charge in [0.1, 0.15) is 4.88 Å². The zero-order valence-corrected chi connectivity index (χ0v) is 9.92. The minimum atomic E-state index is 0.155.